The first-order valence-electron chi connectivity index (χ1n) is 6.42. The number of sulfonamides is 1. The van der Waals surface area contributed by atoms with Gasteiger partial charge in [0.2, 0.25) is 0 Å². The molecule has 6 heteroatoms. The number of nitrogens with one attached hydrogen (secondary N) is 1. The van der Waals surface area contributed by atoms with Crippen molar-refractivity contribution in [2.45, 2.75) is 25.3 Å². The summed E-state index contributed by atoms with van der Waals surface area (Å²) in [5.41, 5.74) is 7.86. The van der Waals surface area contributed by atoms with E-state index >= 15 is 0 Å². The van der Waals surface area contributed by atoms with E-state index in [0.717, 1.165) is 5.56 Å². The van der Waals surface area contributed by atoms with Crippen LogP contribution in [0.15, 0.2) is 41.3 Å². The molecule has 2 aromatic carbocycles. The second-order valence-electron chi connectivity index (χ2n) is 4.81. The van der Waals surface area contributed by atoms with Crippen LogP contribution < -0.4 is 10.5 Å². The Kier molecular flexibility index (Phi) is 4.29. The summed E-state index contributed by atoms with van der Waals surface area (Å²) in [5, 5.41) is 0. The Morgan fingerprint density at radius 3 is 2.52 bits per heavy atom. The average molecular weight is 308 g/mol. The van der Waals surface area contributed by atoms with Crippen LogP contribution in [0.5, 0.6) is 0 Å². The molecule has 4 nitrogen and oxygen atoms in total. The fourth-order valence-electron chi connectivity index (χ4n) is 2.11. The molecule has 21 heavy (non-hydrogen) atoms. The normalized spacial score (nSPS) is 11.4. The van der Waals surface area contributed by atoms with Gasteiger partial charge >= 0.3 is 0 Å². The number of hydrogen-bond donors (Lipinski definition) is 2. The van der Waals surface area contributed by atoms with Crippen LogP contribution in [0, 0.1) is 19.7 Å². The Hall–Kier alpha value is -1.92. The molecular weight excluding hydrogens is 291 g/mol. The Morgan fingerprint density at radius 1 is 1.19 bits per heavy atom. The number of anilines is 1. The number of hydrogen-bond acceptors (Lipinski definition) is 3. The van der Waals surface area contributed by atoms with E-state index < -0.39 is 15.8 Å². The van der Waals surface area contributed by atoms with Crippen LogP contribution in [-0.4, -0.2) is 8.42 Å². The minimum Gasteiger partial charge on any atom is -0.326 e. The molecular formula is C15H17FN2O2S. The van der Waals surface area contributed by atoms with E-state index in [0.29, 0.717) is 16.8 Å². The van der Waals surface area contributed by atoms with Crippen LogP contribution in [0.2, 0.25) is 0 Å². The summed E-state index contributed by atoms with van der Waals surface area (Å²) < 4.78 is 40.5. The molecule has 0 radical (unpaired) electrons. The van der Waals surface area contributed by atoms with E-state index in [2.05, 4.69) is 4.72 Å². The molecule has 0 saturated carbocycles. The van der Waals surface area contributed by atoms with Crippen molar-refractivity contribution in [3.63, 3.8) is 0 Å². The lowest BCUT2D eigenvalue weighted by Crippen LogP contribution is -2.16. The van der Waals surface area contributed by atoms with Crippen molar-refractivity contribution in [1.82, 2.24) is 0 Å². The van der Waals surface area contributed by atoms with Gasteiger partial charge in [0.25, 0.3) is 10.0 Å². The van der Waals surface area contributed by atoms with Crippen LogP contribution >= 0.6 is 0 Å². The zero-order valence-corrected chi connectivity index (χ0v) is 12.7. The first-order chi connectivity index (χ1) is 9.85. The summed E-state index contributed by atoms with van der Waals surface area (Å²) in [6.45, 7) is 3.63. The van der Waals surface area contributed by atoms with Crippen molar-refractivity contribution < 1.29 is 12.8 Å². The molecule has 0 bridgehead atoms. The maximum absolute atomic E-state index is 13.1. The monoisotopic (exact) mass is 308 g/mol. The third-order valence-electron chi connectivity index (χ3n) is 3.34. The van der Waals surface area contributed by atoms with Crippen molar-refractivity contribution in [1.29, 1.82) is 0 Å². The molecule has 0 fully saturated rings. The van der Waals surface area contributed by atoms with Gasteiger partial charge in [-0.3, -0.25) is 4.72 Å². The first-order valence-corrected chi connectivity index (χ1v) is 7.91. The topological polar surface area (TPSA) is 72.2 Å². The molecule has 112 valence electrons. The predicted molar refractivity (Wildman–Crippen MR) is 81.0 cm³/mol. The van der Waals surface area contributed by atoms with Crippen LogP contribution in [0.3, 0.4) is 0 Å². The molecule has 0 aromatic heterocycles. The second kappa shape index (κ2) is 5.83. The molecule has 0 aliphatic rings. The van der Waals surface area contributed by atoms with E-state index in [-0.39, 0.29) is 11.4 Å². The zero-order valence-electron chi connectivity index (χ0n) is 11.9. The third kappa shape index (κ3) is 3.22. The molecule has 0 atom stereocenters. The Balaban J connectivity index is 2.43. The predicted octanol–water partition coefficient (Wildman–Crippen LogP) is 2.70. The van der Waals surface area contributed by atoms with Crippen molar-refractivity contribution >= 4 is 15.7 Å². The van der Waals surface area contributed by atoms with Gasteiger partial charge < -0.3 is 5.73 Å². The Labute approximate surface area is 123 Å². The van der Waals surface area contributed by atoms with Crippen molar-refractivity contribution in [3.05, 3.63) is 58.9 Å². The maximum atomic E-state index is 13.1. The third-order valence-corrected chi connectivity index (χ3v) is 4.85. The number of rotatable bonds is 4. The van der Waals surface area contributed by atoms with Gasteiger partial charge in [-0.05, 0) is 54.8 Å². The van der Waals surface area contributed by atoms with Gasteiger partial charge in [-0.2, -0.15) is 0 Å². The van der Waals surface area contributed by atoms with E-state index in [1.54, 1.807) is 26.0 Å². The van der Waals surface area contributed by atoms with E-state index in [1.807, 2.05) is 0 Å². The van der Waals surface area contributed by atoms with Gasteiger partial charge in [0.15, 0.2) is 0 Å². The summed E-state index contributed by atoms with van der Waals surface area (Å²) in [7, 11) is -3.74. The van der Waals surface area contributed by atoms with Crippen LogP contribution in [-0.2, 0) is 16.6 Å². The van der Waals surface area contributed by atoms with Crippen LogP contribution in [0.1, 0.15) is 16.7 Å². The molecule has 0 spiro atoms. The van der Waals surface area contributed by atoms with Gasteiger partial charge in [-0.25, -0.2) is 12.8 Å². The maximum Gasteiger partial charge on any atom is 0.262 e. The molecule has 3 N–H and O–H groups in total. The molecule has 2 aromatic rings. The van der Waals surface area contributed by atoms with E-state index in [9.17, 15) is 12.8 Å². The Bertz CT molecular complexity index is 773. The molecule has 0 aliphatic carbocycles. The highest BCUT2D eigenvalue weighted by atomic mass is 32.2. The van der Waals surface area contributed by atoms with E-state index in [1.165, 1.54) is 24.3 Å². The summed E-state index contributed by atoms with van der Waals surface area (Å²) in [6.07, 6.45) is 0. The molecule has 0 amide bonds. The number of benzene rings is 2. The fraction of sp³-hybridized carbons (Fsp3) is 0.200. The fourth-order valence-corrected chi connectivity index (χ4v) is 3.53. The highest BCUT2D eigenvalue weighted by Gasteiger charge is 2.19. The standard InChI is InChI=1S/C15H17FN2O2S/c1-10-8-13(16)6-7-14(10)18-21(19,20)15-5-3-4-12(9-17)11(15)2/h3-8,18H,9,17H2,1-2H3. The highest BCUT2D eigenvalue weighted by molar-refractivity contribution is 7.92. The van der Waals surface area contributed by atoms with E-state index in [4.69, 9.17) is 5.73 Å². The Morgan fingerprint density at radius 2 is 1.90 bits per heavy atom. The van der Waals surface area contributed by atoms with Gasteiger partial charge in [0, 0.05) is 6.54 Å². The summed E-state index contributed by atoms with van der Waals surface area (Å²) >= 11 is 0. The zero-order chi connectivity index (χ0) is 15.6. The second-order valence-corrected chi connectivity index (χ2v) is 6.46. The molecule has 0 heterocycles. The number of halogens is 1. The van der Waals surface area contributed by atoms with Crippen molar-refractivity contribution in [3.8, 4) is 0 Å². The van der Waals surface area contributed by atoms with Crippen LogP contribution in [0.4, 0.5) is 10.1 Å². The average Bonchev–Trinajstić information content (AvgIpc) is 2.42. The summed E-state index contributed by atoms with van der Waals surface area (Å²) in [6, 6.07) is 8.87. The highest BCUT2D eigenvalue weighted by Crippen LogP contribution is 2.24. The first kappa shape index (κ1) is 15.5. The molecule has 0 aliphatic heterocycles. The summed E-state index contributed by atoms with van der Waals surface area (Å²) in [4.78, 5) is 0.175. The van der Waals surface area contributed by atoms with Crippen LogP contribution in [0.25, 0.3) is 0 Å². The number of nitrogens with two attached hydrogens (primary N) is 1. The lowest BCUT2D eigenvalue weighted by atomic mass is 10.1. The lowest BCUT2D eigenvalue weighted by Gasteiger charge is -2.14. The number of aryl methyl sites for hydroxylation is 1. The van der Waals surface area contributed by atoms with Gasteiger partial charge in [-0.1, -0.05) is 12.1 Å². The SMILES string of the molecule is Cc1cc(F)ccc1NS(=O)(=O)c1cccc(CN)c1C. The minimum atomic E-state index is -3.74. The van der Waals surface area contributed by atoms with Gasteiger partial charge in [-0.15, -0.1) is 0 Å². The lowest BCUT2D eigenvalue weighted by molar-refractivity contribution is 0.600. The smallest absolute Gasteiger partial charge is 0.262 e. The van der Waals surface area contributed by atoms with Gasteiger partial charge in [0.1, 0.15) is 5.82 Å². The minimum absolute atomic E-state index is 0.175. The quantitative estimate of drug-likeness (QED) is 0.912. The molecule has 2 rings (SSSR count). The van der Waals surface area contributed by atoms with Crippen molar-refractivity contribution in [2.24, 2.45) is 5.73 Å². The van der Waals surface area contributed by atoms with Crippen molar-refractivity contribution in [2.75, 3.05) is 4.72 Å². The summed E-state index contributed by atoms with van der Waals surface area (Å²) in [5.74, 6) is -0.406. The molecule has 0 unspecified atom stereocenters. The largest absolute Gasteiger partial charge is 0.326 e. The van der Waals surface area contributed by atoms with Gasteiger partial charge in [0.05, 0.1) is 10.6 Å². The molecule has 0 saturated heterocycles.